The molecule has 0 fully saturated rings. The maximum atomic E-state index is 12.5. The first kappa shape index (κ1) is 83.6. The van der Waals surface area contributed by atoms with Gasteiger partial charge in [0, 0.05) is 12.8 Å². The summed E-state index contributed by atoms with van der Waals surface area (Å²) in [6.07, 6.45) is 100. The van der Waals surface area contributed by atoms with Crippen LogP contribution in [0.2, 0.25) is 0 Å². The highest BCUT2D eigenvalue weighted by Crippen LogP contribution is 2.19. The minimum absolute atomic E-state index is 0.0129. The first-order chi connectivity index (χ1) is 42.5. The van der Waals surface area contributed by atoms with Crippen molar-refractivity contribution in [1.82, 2.24) is 5.32 Å². The number of unbranched alkanes of at least 4 members (excludes halogenated alkanes) is 53. The van der Waals surface area contributed by atoms with E-state index in [9.17, 15) is 19.8 Å². The van der Waals surface area contributed by atoms with Crippen molar-refractivity contribution in [2.24, 2.45) is 0 Å². The monoisotopic (exact) mass is 1200 g/mol. The smallest absolute Gasteiger partial charge is 0.305 e. The predicted molar refractivity (Wildman–Crippen MR) is 379 cm³/mol. The number of hydrogen-bond acceptors (Lipinski definition) is 5. The van der Waals surface area contributed by atoms with Crippen LogP contribution in [0.1, 0.15) is 412 Å². The molecule has 0 spiro atoms. The number of nitrogens with one attached hydrogen (secondary N) is 1. The Labute approximate surface area is 537 Å². The summed E-state index contributed by atoms with van der Waals surface area (Å²) in [7, 11) is 0. The van der Waals surface area contributed by atoms with Crippen molar-refractivity contribution in [2.45, 2.75) is 424 Å². The Kier molecular flexibility index (Phi) is 72.9. The second kappa shape index (κ2) is 75.0. The molecule has 0 aromatic rings. The van der Waals surface area contributed by atoms with Crippen LogP contribution in [0.15, 0.2) is 60.8 Å². The average Bonchev–Trinajstić information content (AvgIpc) is 3.54. The van der Waals surface area contributed by atoms with Crippen molar-refractivity contribution in [3.05, 3.63) is 60.8 Å². The number of carbonyl (C=O) groups is 2. The molecule has 2 atom stereocenters. The molecular formula is C80H149NO5. The van der Waals surface area contributed by atoms with Gasteiger partial charge in [0.1, 0.15) is 0 Å². The lowest BCUT2D eigenvalue weighted by Gasteiger charge is -2.20. The topological polar surface area (TPSA) is 95.9 Å². The normalized spacial score (nSPS) is 12.8. The van der Waals surface area contributed by atoms with Crippen LogP contribution in [0.5, 0.6) is 0 Å². The summed E-state index contributed by atoms with van der Waals surface area (Å²) in [6.45, 7) is 4.90. The summed E-state index contributed by atoms with van der Waals surface area (Å²) in [6, 6.07) is -0.627. The summed E-state index contributed by atoms with van der Waals surface area (Å²) in [5, 5.41) is 23.2. The molecule has 2 unspecified atom stereocenters. The minimum Gasteiger partial charge on any atom is -0.466 e. The molecule has 0 saturated carbocycles. The van der Waals surface area contributed by atoms with Gasteiger partial charge in [0.2, 0.25) is 5.91 Å². The third-order valence-corrected chi connectivity index (χ3v) is 17.8. The van der Waals surface area contributed by atoms with Crippen LogP contribution in [-0.2, 0) is 14.3 Å². The number of aliphatic hydroxyl groups is 2. The lowest BCUT2D eigenvalue weighted by molar-refractivity contribution is -0.143. The second-order valence-corrected chi connectivity index (χ2v) is 26.3. The molecule has 0 aromatic heterocycles. The molecule has 0 aliphatic heterocycles. The number of esters is 1. The molecule has 0 saturated heterocycles. The number of hydrogen-bond donors (Lipinski definition) is 3. The molecular weight excluding hydrogens is 1050 g/mol. The minimum atomic E-state index is -0.843. The lowest BCUT2D eigenvalue weighted by atomic mass is 10.0. The Hall–Kier alpha value is -2.44. The molecule has 0 aromatic carbocycles. The van der Waals surface area contributed by atoms with Crippen molar-refractivity contribution in [2.75, 3.05) is 13.2 Å². The highest BCUT2D eigenvalue weighted by atomic mass is 16.5. The maximum absolute atomic E-state index is 12.5. The van der Waals surface area contributed by atoms with E-state index in [-0.39, 0.29) is 18.5 Å². The number of ether oxygens (including phenoxy) is 1. The Morgan fingerprint density at radius 1 is 0.326 bits per heavy atom. The second-order valence-electron chi connectivity index (χ2n) is 26.3. The van der Waals surface area contributed by atoms with Gasteiger partial charge in [0.25, 0.3) is 0 Å². The van der Waals surface area contributed by atoms with Crippen molar-refractivity contribution in [3.8, 4) is 0 Å². The fourth-order valence-electron chi connectivity index (χ4n) is 11.9. The van der Waals surface area contributed by atoms with Gasteiger partial charge < -0.3 is 20.3 Å². The number of allylic oxidation sites excluding steroid dienone is 9. The van der Waals surface area contributed by atoms with Gasteiger partial charge in [-0.25, -0.2) is 0 Å². The standard InChI is InChI=1S/C80H149NO5/c1-3-5-7-9-11-13-15-17-19-20-38-42-46-50-54-58-62-66-70-74-80(85)86-75-71-67-63-59-55-51-47-43-40-37-35-33-31-29-27-25-23-21-22-24-26-28-30-32-34-36-39-41-45-49-53-57-61-65-69-73-79(84)81-77(76-82)78(83)72-68-64-60-56-52-48-44-18-16-14-12-10-8-6-4-2/h11,13,17,19,23,25,29,31,68,72,77-78,82-83H,3-10,12,14-16,18,20-22,24,26-28,30,32-67,69-71,73-76H2,1-2H3,(H,81,84)/b13-11-,19-17-,25-23-,31-29-,72-68+. The fraction of sp³-hybridized carbons (Fsp3) is 0.850. The highest BCUT2D eigenvalue weighted by Gasteiger charge is 2.18. The van der Waals surface area contributed by atoms with E-state index >= 15 is 0 Å². The van der Waals surface area contributed by atoms with E-state index in [2.05, 4.69) is 67.8 Å². The zero-order valence-corrected chi connectivity index (χ0v) is 57.8. The van der Waals surface area contributed by atoms with E-state index in [0.717, 1.165) is 57.8 Å². The van der Waals surface area contributed by atoms with Crippen molar-refractivity contribution in [1.29, 1.82) is 0 Å². The van der Waals surface area contributed by atoms with Gasteiger partial charge in [-0.2, -0.15) is 0 Å². The molecule has 86 heavy (non-hydrogen) atoms. The molecule has 0 aliphatic carbocycles. The number of carbonyl (C=O) groups excluding carboxylic acids is 2. The predicted octanol–water partition coefficient (Wildman–Crippen LogP) is 25.4. The summed E-state index contributed by atoms with van der Waals surface area (Å²) >= 11 is 0. The first-order valence-corrected chi connectivity index (χ1v) is 38.6. The molecule has 0 bridgehead atoms. The van der Waals surface area contributed by atoms with Crippen molar-refractivity contribution in [3.63, 3.8) is 0 Å². The molecule has 1 amide bonds. The Morgan fingerprint density at radius 3 is 0.907 bits per heavy atom. The van der Waals surface area contributed by atoms with Crippen molar-refractivity contribution < 1.29 is 24.5 Å². The Balaban J connectivity index is 3.38. The van der Waals surface area contributed by atoms with Crippen LogP contribution in [0, 0.1) is 0 Å². The molecule has 3 N–H and O–H groups in total. The van der Waals surface area contributed by atoms with Gasteiger partial charge in [0.15, 0.2) is 0 Å². The van der Waals surface area contributed by atoms with Crippen LogP contribution in [0.25, 0.3) is 0 Å². The molecule has 0 aliphatic rings. The van der Waals surface area contributed by atoms with E-state index in [1.54, 1.807) is 6.08 Å². The molecule has 6 heteroatoms. The van der Waals surface area contributed by atoms with E-state index in [4.69, 9.17) is 4.74 Å². The first-order valence-electron chi connectivity index (χ1n) is 38.6. The summed E-state index contributed by atoms with van der Waals surface area (Å²) in [5.74, 6) is -0.0508. The van der Waals surface area contributed by atoms with Crippen LogP contribution in [0.3, 0.4) is 0 Å². The quantitative estimate of drug-likeness (QED) is 0.0320. The van der Waals surface area contributed by atoms with Gasteiger partial charge in [-0.15, -0.1) is 0 Å². The SMILES string of the molecule is CCCCC/C=C\C/C=C\CCCCCCCCCCCC(=O)OCCCCCCCCCCCCC/C=C\C/C=C\CCCCCCCCCCCCCCCCCCCC(=O)NC(CO)C(O)/C=C/CCCCCCCCCCCCCCC. The van der Waals surface area contributed by atoms with Crippen LogP contribution in [0.4, 0.5) is 0 Å². The molecule has 504 valence electrons. The van der Waals surface area contributed by atoms with E-state index in [1.165, 1.54) is 327 Å². The molecule has 0 heterocycles. The largest absolute Gasteiger partial charge is 0.466 e. The van der Waals surface area contributed by atoms with Crippen molar-refractivity contribution >= 4 is 11.9 Å². The van der Waals surface area contributed by atoms with Crippen LogP contribution in [-0.4, -0.2) is 47.4 Å². The van der Waals surface area contributed by atoms with Gasteiger partial charge in [-0.1, -0.05) is 364 Å². The van der Waals surface area contributed by atoms with Gasteiger partial charge in [-0.3, -0.25) is 9.59 Å². The number of amides is 1. The van der Waals surface area contributed by atoms with Crippen LogP contribution >= 0.6 is 0 Å². The third kappa shape index (κ3) is 70.6. The molecule has 0 rings (SSSR count). The Morgan fingerprint density at radius 2 is 0.581 bits per heavy atom. The molecule has 6 nitrogen and oxygen atoms in total. The summed E-state index contributed by atoms with van der Waals surface area (Å²) < 4.78 is 5.51. The Bertz CT molecular complexity index is 1480. The number of rotatable bonds is 72. The summed E-state index contributed by atoms with van der Waals surface area (Å²) in [5.41, 5.74) is 0. The fourth-order valence-corrected chi connectivity index (χ4v) is 11.9. The summed E-state index contributed by atoms with van der Waals surface area (Å²) in [4.78, 5) is 24.6. The van der Waals surface area contributed by atoms with E-state index < -0.39 is 12.1 Å². The average molecular weight is 1210 g/mol. The van der Waals surface area contributed by atoms with Gasteiger partial charge >= 0.3 is 5.97 Å². The van der Waals surface area contributed by atoms with E-state index in [1.807, 2.05) is 6.08 Å². The maximum Gasteiger partial charge on any atom is 0.305 e. The highest BCUT2D eigenvalue weighted by molar-refractivity contribution is 5.76. The number of aliphatic hydroxyl groups excluding tert-OH is 2. The third-order valence-electron chi connectivity index (χ3n) is 17.8. The zero-order valence-electron chi connectivity index (χ0n) is 57.8. The van der Waals surface area contributed by atoms with Gasteiger partial charge in [-0.05, 0) is 96.3 Å². The lowest BCUT2D eigenvalue weighted by Crippen LogP contribution is -2.45. The zero-order chi connectivity index (χ0) is 62.0. The molecule has 0 radical (unpaired) electrons. The van der Waals surface area contributed by atoms with Gasteiger partial charge in [0.05, 0.1) is 25.4 Å². The van der Waals surface area contributed by atoms with E-state index in [0.29, 0.717) is 19.4 Å². The van der Waals surface area contributed by atoms with Crippen LogP contribution < -0.4 is 5.32 Å².